The number of nitrogens with one attached hydrogen (secondary N) is 1. The van der Waals surface area contributed by atoms with E-state index in [-0.39, 0.29) is 5.91 Å². The topological polar surface area (TPSA) is 93.9 Å². The first-order chi connectivity index (χ1) is 11.2. The van der Waals surface area contributed by atoms with Gasteiger partial charge in [0.2, 0.25) is 5.91 Å². The lowest BCUT2D eigenvalue weighted by atomic mass is 10.0. The van der Waals surface area contributed by atoms with Crippen LogP contribution in [0, 0.1) is 0 Å². The maximum absolute atomic E-state index is 12.7. The summed E-state index contributed by atoms with van der Waals surface area (Å²) in [5, 5.41) is 2.66. The summed E-state index contributed by atoms with van der Waals surface area (Å²) < 4.78 is 10.4. The van der Waals surface area contributed by atoms with E-state index < -0.39 is 17.7 Å². The van der Waals surface area contributed by atoms with Gasteiger partial charge in [0, 0.05) is 18.3 Å². The largest absolute Gasteiger partial charge is 0.495 e. The number of anilines is 2. The Morgan fingerprint density at radius 3 is 2.71 bits per heavy atom. The lowest BCUT2D eigenvalue weighted by Crippen LogP contribution is -2.53. The summed E-state index contributed by atoms with van der Waals surface area (Å²) in [6.45, 7) is 5.92. The van der Waals surface area contributed by atoms with E-state index in [0.717, 1.165) is 6.42 Å². The maximum atomic E-state index is 12.7. The summed E-state index contributed by atoms with van der Waals surface area (Å²) >= 11 is 0. The molecule has 7 heteroatoms. The number of rotatable bonds is 3. The Bertz CT molecular complexity index is 625. The van der Waals surface area contributed by atoms with Crippen LogP contribution in [0.15, 0.2) is 18.2 Å². The van der Waals surface area contributed by atoms with E-state index >= 15 is 0 Å². The van der Waals surface area contributed by atoms with Crippen molar-refractivity contribution in [2.45, 2.75) is 45.3 Å². The van der Waals surface area contributed by atoms with Crippen molar-refractivity contribution in [3.63, 3.8) is 0 Å². The molecular formula is C17H25N3O4. The van der Waals surface area contributed by atoms with E-state index in [2.05, 4.69) is 5.32 Å². The van der Waals surface area contributed by atoms with Gasteiger partial charge < -0.3 is 25.4 Å². The van der Waals surface area contributed by atoms with Crippen LogP contribution in [-0.4, -0.2) is 37.3 Å². The number of alkyl carbamates (subject to hydrolysis) is 1. The first kappa shape index (κ1) is 17.9. The molecule has 1 heterocycles. The minimum atomic E-state index is -0.605. The van der Waals surface area contributed by atoms with Crippen LogP contribution in [0.25, 0.3) is 0 Å². The van der Waals surface area contributed by atoms with E-state index in [4.69, 9.17) is 15.2 Å². The highest BCUT2D eigenvalue weighted by Crippen LogP contribution is 2.29. The van der Waals surface area contributed by atoms with E-state index in [9.17, 15) is 9.59 Å². The van der Waals surface area contributed by atoms with Gasteiger partial charge in [0.1, 0.15) is 17.4 Å². The molecule has 0 bridgehead atoms. The SMILES string of the molecule is COc1cc(N2CCCC(NC(=O)OC(C)(C)C)C2=O)ccc1N. The summed E-state index contributed by atoms with van der Waals surface area (Å²) in [6, 6.07) is 4.60. The van der Waals surface area contributed by atoms with Crippen LogP contribution in [0.4, 0.5) is 16.2 Å². The number of methoxy groups -OCH3 is 1. The van der Waals surface area contributed by atoms with Crippen molar-refractivity contribution < 1.29 is 19.1 Å². The van der Waals surface area contributed by atoms with Crippen molar-refractivity contribution >= 4 is 23.4 Å². The van der Waals surface area contributed by atoms with Crippen molar-refractivity contribution in [2.75, 3.05) is 24.3 Å². The molecule has 2 rings (SSSR count). The molecule has 1 aromatic rings. The third-order valence-corrected chi connectivity index (χ3v) is 3.66. The van der Waals surface area contributed by atoms with Crippen LogP contribution in [0.5, 0.6) is 5.75 Å². The molecule has 3 N–H and O–H groups in total. The lowest BCUT2D eigenvalue weighted by molar-refractivity contribution is -0.121. The minimum Gasteiger partial charge on any atom is -0.495 e. The maximum Gasteiger partial charge on any atom is 0.408 e. The summed E-state index contributed by atoms with van der Waals surface area (Å²) in [5.74, 6) is 0.349. The van der Waals surface area contributed by atoms with Gasteiger partial charge in [-0.2, -0.15) is 0 Å². The molecule has 2 amide bonds. The van der Waals surface area contributed by atoms with Crippen LogP contribution in [0.1, 0.15) is 33.6 Å². The molecule has 1 unspecified atom stereocenters. The Morgan fingerprint density at radius 2 is 2.08 bits per heavy atom. The molecule has 132 valence electrons. The Balaban J connectivity index is 2.11. The van der Waals surface area contributed by atoms with Crippen LogP contribution in [0.2, 0.25) is 0 Å². The molecule has 0 radical (unpaired) electrons. The molecule has 1 atom stereocenters. The van der Waals surface area contributed by atoms with Crippen molar-refractivity contribution in [3.05, 3.63) is 18.2 Å². The average Bonchev–Trinajstić information content (AvgIpc) is 2.48. The number of nitrogens with two attached hydrogens (primary N) is 1. The number of amides is 2. The number of nitrogens with zero attached hydrogens (tertiary/aromatic N) is 1. The molecule has 1 saturated heterocycles. The zero-order valence-corrected chi connectivity index (χ0v) is 14.6. The lowest BCUT2D eigenvalue weighted by Gasteiger charge is -2.33. The van der Waals surface area contributed by atoms with Crippen LogP contribution < -0.4 is 20.7 Å². The second-order valence-electron chi connectivity index (χ2n) is 6.76. The van der Waals surface area contributed by atoms with Crippen molar-refractivity contribution in [1.82, 2.24) is 5.32 Å². The summed E-state index contributed by atoms with van der Waals surface area (Å²) in [7, 11) is 1.53. The first-order valence-corrected chi connectivity index (χ1v) is 7.95. The fraction of sp³-hybridized carbons (Fsp3) is 0.529. The van der Waals surface area contributed by atoms with Crippen molar-refractivity contribution in [3.8, 4) is 5.75 Å². The molecule has 0 aliphatic carbocycles. The summed E-state index contributed by atoms with van der Waals surface area (Å²) in [4.78, 5) is 26.2. The molecular weight excluding hydrogens is 310 g/mol. The van der Waals surface area contributed by atoms with E-state index in [0.29, 0.717) is 30.1 Å². The summed E-state index contributed by atoms with van der Waals surface area (Å²) in [6.07, 6.45) is 0.775. The molecule has 0 aromatic heterocycles. The van der Waals surface area contributed by atoms with Crippen LogP contribution in [0.3, 0.4) is 0 Å². The van der Waals surface area contributed by atoms with E-state index in [1.807, 2.05) is 0 Å². The molecule has 1 aliphatic rings. The smallest absolute Gasteiger partial charge is 0.408 e. The van der Waals surface area contributed by atoms with Gasteiger partial charge in [-0.15, -0.1) is 0 Å². The number of hydrogen-bond donors (Lipinski definition) is 2. The number of carbonyl (C=O) groups excluding carboxylic acids is 2. The molecule has 0 saturated carbocycles. The number of piperidine rings is 1. The highest BCUT2D eigenvalue weighted by atomic mass is 16.6. The quantitative estimate of drug-likeness (QED) is 0.827. The molecule has 1 fully saturated rings. The van der Waals surface area contributed by atoms with Crippen molar-refractivity contribution in [2.24, 2.45) is 0 Å². The van der Waals surface area contributed by atoms with Gasteiger partial charge >= 0.3 is 6.09 Å². The fourth-order valence-electron chi connectivity index (χ4n) is 2.58. The third kappa shape index (κ3) is 4.31. The second kappa shape index (κ2) is 6.98. The highest BCUT2D eigenvalue weighted by Gasteiger charge is 2.32. The molecule has 7 nitrogen and oxygen atoms in total. The zero-order chi connectivity index (χ0) is 17.9. The number of ether oxygens (including phenoxy) is 2. The zero-order valence-electron chi connectivity index (χ0n) is 14.6. The third-order valence-electron chi connectivity index (χ3n) is 3.66. The van der Waals surface area contributed by atoms with Crippen LogP contribution >= 0.6 is 0 Å². The number of nitrogen functional groups attached to an aromatic ring is 1. The predicted octanol–water partition coefficient (Wildman–Crippen LogP) is 2.30. The highest BCUT2D eigenvalue weighted by molar-refractivity contribution is 5.99. The Kier molecular flexibility index (Phi) is 5.21. The van der Waals surface area contributed by atoms with E-state index in [1.54, 1.807) is 43.9 Å². The van der Waals surface area contributed by atoms with Gasteiger partial charge in [-0.1, -0.05) is 0 Å². The monoisotopic (exact) mass is 335 g/mol. The van der Waals surface area contributed by atoms with Gasteiger partial charge in [-0.3, -0.25) is 4.79 Å². The summed E-state index contributed by atoms with van der Waals surface area (Å²) in [5.41, 5.74) is 6.41. The predicted molar refractivity (Wildman–Crippen MR) is 92.2 cm³/mol. The van der Waals surface area contributed by atoms with Crippen LogP contribution in [-0.2, 0) is 9.53 Å². The van der Waals surface area contributed by atoms with Gasteiger partial charge in [0.15, 0.2) is 0 Å². The number of hydrogen-bond acceptors (Lipinski definition) is 5. The normalized spacial score (nSPS) is 18.2. The number of benzene rings is 1. The first-order valence-electron chi connectivity index (χ1n) is 7.95. The average molecular weight is 335 g/mol. The molecule has 0 spiro atoms. The van der Waals surface area contributed by atoms with Gasteiger partial charge in [-0.25, -0.2) is 4.79 Å². The molecule has 1 aliphatic heterocycles. The Morgan fingerprint density at radius 1 is 1.38 bits per heavy atom. The Hall–Kier alpha value is -2.44. The van der Waals surface area contributed by atoms with Gasteiger partial charge in [0.05, 0.1) is 12.8 Å². The molecule has 1 aromatic carbocycles. The second-order valence-corrected chi connectivity index (χ2v) is 6.76. The standard InChI is InChI=1S/C17H25N3O4/c1-17(2,3)24-16(22)19-13-6-5-9-20(15(13)21)11-7-8-12(18)14(10-11)23-4/h7-8,10,13H,5-6,9,18H2,1-4H3,(H,19,22). The molecule has 24 heavy (non-hydrogen) atoms. The van der Waals surface area contributed by atoms with E-state index in [1.165, 1.54) is 7.11 Å². The van der Waals surface area contributed by atoms with Crippen molar-refractivity contribution in [1.29, 1.82) is 0 Å². The number of carbonyl (C=O) groups is 2. The minimum absolute atomic E-state index is 0.168. The fourth-order valence-corrected chi connectivity index (χ4v) is 2.58. The van der Waals surface area contributed by atoms with Gasteiger partial charge in [0.25, 0.3) is 0 Å². The Labute approximate surface area is 142 Å². The van der Waals surface area contributed by atoms with Gasteiger partial charge in [-0.05, 0) is 45.7 Å².